The van der Waals surface area contributed by atoms with Gasteiger partial charge in [-0.05, 0) is 49.1 Å². The average Bonchev–Trinajstić information content (AvgIpc) is 3.21. The molecule has 0 aliphatic carbocycles. The van der Waals surface area contributed by atoms with Crippen LogP contribution < -0.4 is 5.56 Å². The van der Waals surface area contributed by atoms with E-state index in [1.54, 1.807) is 35.1 Å². The first-order valence-electron chi connectivity index (χ1n) is 9.64. The van der Waals surface area contributed by atoms with Gasteiger partial charge in [0.1, 0.15) is 5.76 Å². The van der Waals surface area contributed by atoms with E-state index in [9.17, 15) is 9.59 Å². The number of nitrogens with zero attached hydrogens (tertiary/aromatic N) is 3. The maximum Gasteiger partial charge on any atom is 0.262 e. The van der Waals surface area contributed by atoms with Crippen molar-refractivity contribution in [1.82, 2.24) is 14.5 Å². The lowest BCUT2D eigenvalue weighted by Crippen LogP contribution is -2.40. The second-order valence-corrected chi connectivity index (χ2v) is 8.78. The Kier molecular flexibility index (Phi) is 5.96. The van der Waals surface area contributed by atoms with Crippen LogP contribution in [0.25, 0.3) is 10.9 Å². The first-order valence-corrected chi connectivity index (χ1v) is 11.0. The van der Waals surface area contributed by atoms with Gasteiger partial charge >= 0.3 is 0 Å². The van der Waals surface area contributed by atoms with Crippen LogP contribution in [0.1, 0.15) is 25.5 Å². The second-order valence-electron chi connectivity index (χ2n) is 7.40. The molecule has 6 nitrogen and oxygen atoms in total. The quantitative estimate of drug-likeness (QED) is 0.450. The fourth-order valence-electron chi connectivity index (χ4n) is 3.62. The lowest BCUT2D eigenvalue weighted by Gasteiger charge is -2.30. The van der Waals surface area contributed by atoms with Crippen molar-refractivity contribution in [1.29, 1.82) is 0 Å². The summed E-state index contributed by atoms with van der Waals surface area (Å²) in [6.07, 6.45) is 3.77. The Hall–Kier alpha value is -2.25. The highest BCUT2D eigenvalue weighted by Gasteiger charge is 2.22. The Morgan fingerprint density at radius 1 is 1.38 bits per heavy atom. The molecule has 1 aromatic carbocycles. The monoisotopic (exact) mass is 431 g/mol. The lowest BCUT2D eigenvalue weighted by molar-refractivity contribution is -0.130. The van der Waals surface area contributed by atoms with Crippen LogP contribution in [-0.4, -0.2) is 39.2 Å². The fraction of sp³-hybridized carbons (Fsp3) is 0.381. The second kappa shape index (κ2) is 8.63. The minimum absolute atomic E-state index is 0.0755. The van der Waals surface area contributed by atoms with E-state index in [4.69, 9.17) is 16.0 Å². The number of aromatic nitrogens is 2. The highest BCUT2D eigenvalue weighted by molar-refractivity contribution is 7.99. The van der Waals surface area contributed by atoms with Crippen molar-refractivity contribution in [2.45, 2.75) is 31.5 Å². The van der Waals surface area contributed by atoms with Gasteiger partial charge < -0.3 is 9.32 Å². The number of piperidine rings is 1. The third-order valence-corrected chi connectivity index (χ3v) is 6.31. The summed E-state index contributed by atoms with van der Waals surface area (Å²) in [5.41, 5.74) is 0.351. The van der Waals surface area contributed by atoms with Gasteiger partial charge in [0.2, 0.25) is 5.91 Å². The summed E-state index contributed by atoms with van der Waals surface area (Å²) in [5, 5.41) is 1.49. The molecule has 1 aliphatic rings. The van der Waals surface area contributed by atoms with Gasteiger partial charge in [0, 0.05) is 18.1 Å². The van der Waals surface area contributed by atoms with E-state index in [2.05, 4.69) is 11.9 Å². The third-order valence-electron chi connectivity index (χ3n) is 5.11. The molecule has 3 heterocycles. The number of halogens is 1. The third kappa shape index (κ3) is 4.51. The Bertz CT molecular complexity index is 1080. The Morgan fingerprint density at radius 3 is 3.00 bits per heavy atom. The van der Waals surface area contributed by atoms with Crippen molar-refractivity contribution in [2.75, 3.05) is 18.8 Å². The molecule has 4 rings (SSSR count). The largest absolute Gasteiger partial charge is 0.467 e. The minimum Gasteiger partial charge on any atom is -0.467 e. The van der Waals surface area contributed by atoms with Crippen LogP contribution >= 0.6 is 23.4 Å². The van der Waals surface area contributed by atoms with Crippen molar-refractivity contribution in [2.24, 2.45) is 5.92 Å². The maximum absolute atomic E-state index is 13.1. The van der Waals surface area contributed by atoms with E-state index >= 15 is 0 Å². The Balaban J connectivity index is 1.64. The van der Waals surface area contributed by atoms with E-state index in [-0.39, 0.29) is 23.8 Å². The van der Waals surface area contributed by atoms with Crippen molar-refractivity contribution in [3.8, 4) is 0 Å². The molecule has 0 bridgehead atoms. The number of hydrogen-bond donors (Lipinski definition) is 0. The standard InChI is InChI=1S/C21H22ClN3O3S/c1-14-4-2-8-24(11-14)19(26)13-29-21-23-18-10-15(22)6-7-17(18)20(27)25(21)12-16-5-3-9-28-16/h3,5-7,9-10,14H,2,4,8,11-13H2,1H3. The van der Waals surface area contributed by atoms with Gasteiger partial charge in [-0.15, -0.1) is 0 Å². The Morgan fingerprint density at radius 2 is 2.24 bits per heavy atom. The number of carbonyl (C=O) groups excluding carboxylic acids is 1. The van der Waals surface area contributed by atoms with Crippen LogP contribution in [0.4, 0.5) is 0 Å². The van der Waals surface area contributed by atoms with Gasteiger partial charge in [-0.1, -0.05) is 30.3 Å². The molecule has 0 radical (unpaired) electrons. The number of thioether (sulfide) groups is 1. The van der Waals surface area contributed by atoms with Gasteiger partial charge in [0.15, 0.2) is 5.16 Å². The fourth-order valence-corrected chi connectivity index (χ4v) is 4.68. The molecule has 1 unspecified atom stereocenters. The predicted octanol–water partition coefficient (Wildman–Crippen LogP) is 4.04. The number of carbonyl (C=O) groups is 1. The molecule has 0 spiro atoms. The van der Waals surface area contributed by atoms with E-state index in [0.29, 0.717) is 32.8 Å². The molecule has 0 N–H and O–H groups in total. The number of furan rings is 1. The zero-order chi connectivity index (χ0) is 20.4. The van der Waals surface area contributed by atoms with Crippen molar-refractivity contribution in [3.05, 3.63) is 57.7 Å². The number of likely N-dealkylation sites (tertiary alicyclic amines) is 1. The summed E-state index contributed by atoms with van der Waals surface area (Å²) in [6, 6.07) is 8.63. The topological polar surface area (TPSA) is 68.3 Å². The minimum atomic E-state index is -0.176. The molecule has 1 aliphatic heterocycles. The van der Waals surface area contributed by atoms with Crippen molar-refractivity contribution >= 4 is 40.2 Å². The first kappa shape index (κ1) is 20.0. The number of benzene rings is 1. The van der Waals surface area contributed by atoms with E-state index in [0.717, 1.165) is 25.9 Å². The summed E-state index contributed by atoms with van der Waals surface area (Å²) >= 11 is 7.37. The van der Waals surface area contributed by atoms with Gasteiger partial charge in [0.25, 0.3) is 5.56 Å². The van der Waals surface area contributed by atoms with Crippen LogP contribution in [-0.2, 0) is 11.3 Å². The maximum atomic E-state index is 13.1. The highest BCUT2D eigenvalue weighted by atomic mass is 35.5. The summed E-state index contributed by atoms with van der Waals surface area (Å²) < 4.78 is 6.98. The van der Waals surface area contributed by atoms with Crippen LogP contribution in [0, 0.1) is 5.92 Å². The molecule has 2 aromatic heterocycles. The van der Waals surface area contributed by atoms with Crippen molar-refractivity contribution in [3.63, 3.8) is 0 Å². The van der Waals surface area contributed by atoms with Crippen LogP contribution in [0.15, 0.2) is 51.0 Å². The van der Waals surface area contributed by atoms with Crippen molar-refractivity contribution < 1.29 is 9.21 Å². The molecule has 1 amide bonds. The van der Waals surface area contributed by atoms with Gasteiger partial charge in [-0.2, -0.15) is 0 Å². The molecule has 3 aromatic rings. The zero-order valence-corrected chi connectivity index (χ0v) is 17.7. The summed E-state index contributed by atoms with van der Waals surface area (Å²) in [5.74, 6) is 1.49. The van der Waals surface area contributed by atoms with E-state index in [1.165, 1.54) is 11.8 Å². The summed E-state index contributed by atoms with van der Waals surface area (Å²) in [7, 11) is 0. The van der Waals surface area contributed by atoms with Gasteiger partial charge in [-0.25, -0.2) is 4.98 Å². The predicted molar refractivity (Wildman–Crippen MR) is 115 cm³/mol. The molecule has 1 saturated heterocycles. The van der Waals surface area contributed by atoms with Crippen LogP contribution in [0.5, 0.6) is 0 Å². The molecule has 8 heteroatoms. The molecular weight excluding hydrogens is 410 g/mol. The SMILES string of the molecule is CC1CCCN(C(=O)CSc2nc3cc(Cl)ccc3c(=O)n2Cc2ccco2)C1. The van der Waals surface area contributed by atoms with Gasteiger partial charge in [0.05, 0.1) is 29.5 Å². The normalized spacial score (nSPS) is 17.0. The number of fused-ring (bicyclic) bond motifs is 1. The van der Waals surface area contributed by atoms with Gasteiger partial charge in [-0.3, -0.25) is 14.2 Å². The van der Waals surface area contributed by atoms with E-state index < -0.39 is 0 Å². The molecule has 1 fully saturated rings. The molecule has 152 valence electrons. The molecular formula is C21H22ClN3O3S. The highest BCUT2D eigenvalue weighted by Crippen LogP contribution is 2.23. The van der Waals surface area contributed by atoms with E-state index in [1.807, 2.05) is 11.0 Å². The van der Waals surface area contributed by atoms with Crippen LogP contribution in [0.2, 0.25) is 5.02 Å². The summed E-state index contributed by atoms with van der Waals surface area (Å²) in [6.45, 7) is 4.01. The summed E-state index contributed by atoms with van der Waals surface area (Å²) in [4.78, 5) is 32.4. The average molecular weight is 432 g/mol. The smallest absolute Gasteiger partial charge is 0.262 e. The number of amides is 1. The first-order chi connectivity index (χ1) is 14.0. The van der Waals surface area contributed by atoms with Crippen LogP contribution in [0.3, 0.4) is 0 Å². The molecule has 0 saturated carbocycles. The number of hydrogen-bond acceptors (Lipinski definition) is 5. The number of rotatable bonds is 5. The Labute approximate surface area is 177 Å². The lowest BCUT2D eigenvalue weighted by atomic mass is 10.0. The molecule has 1 atom stereocenters. The molecule has 29 heavy (non-hydrogen) atoms. The zero-order valence-electron chi connectivity index (χ0n) is 16.1.